The predicted molar refractivity (Wildman–Crippen MR) is 133 cm³/mol. The molecule has 0 aromatic heterocycles. The van der Waals surface area contributed by atoms with Gasteiger partial charge in [-0.2, -0.15) is 0 Å². The molecule has 0 aliphatic heterocycles. The van der Waals surface area contributed by atoms with Crippen molar-refractivity contribution in [1.29, 1.82) is 0 Å². The largest absolute Gasteiger partial charge is 0.478 e. The van der Waals surface area contributed by atoms with Gasteiger partial charge in [-0.1, -0.05) is 77.3 Å². The molecule has 1 N–H and O–H groups in total. The molecule has 6 heteroatoms. The second kappa shape index (κ2) is 10.6. The van der Waals surface area contributed by atoms with E-state index in [1.54, 1.807) is 32.0 Å². The van der Waals surface area contributed by atoms with E-state index in [9.17, 15) is 4.79 Å². The Bertz CT molecular complexity index is 1030. The molecule has 0 heterocycles. The van der Waals surface area contributed by atoms with Gasteiger partial charge in [-0.15, -0.1) is 0 Å². The summed E-state index contributed by atoms with van der Waals surface area (Å²) < 4.78 is 5.95. The second-order valence-corrected chi connectivity index (χ2v) is 9.64. The van der Waals surface area contributed by atoms with Crippen molar-refractivity contribution in [3.05, 3.63) is 99.0 Å². The number of halogens is 3. The summed E-state index contributed by atoms with van der Waals surface area (Å²) >= 11 is 18.2. The molecule has 1 amide bonds. The molecule has 3 aromatic carbocycles. The lowest BCUT2D eigenvalue weighted by molar-refractivity contribution is -0.135. The third-order valence-corrected chi connectivity index (χ3v) is 6.00. The number of ether oxygens (including phenoxy) is 1. The van der Waals surface area contributed by atoms with E-state index in [0.717, 1.165) is 17.5 Å². The van der Waals surface area contributed by atoms with Crippen LogP contribution in [0.15, 0.2) is 72.8 Å². The molecule has 0 radical (unpaired) electrons. The first kappa shape index (κ1) is 24.4. The van der Waals surface area contributed by atoms with E-state index in [1.165, 1.54) is 0 Å². The molecule has 0 unspecified atom stereocenters. The smallest absolute Gasteiger partial charge is 0.263 e. The van der Waals surface area contributed by atoms with Gasteiger partial charge in [0.25, 0.3) is 5.91 Å². The first-order valence-electron chi connectivity index (χ1n) is 10.4. The van der Waals surface area contributed by atoms with Crippen molar-refractivity contribution in [3.63, 3.8) is 0 Å². The van der Waals surface area contributed by atoms with Crippen LogP contribution in [0.3, 0.4) is 0 Å². The fourth-order valence-electron chi connectivity index (χ4n) is 3.57. The molecule has 0 spiro atoms. The van der Waals surface area contributed by atoms with Gasteiger partial charge in [0.2, 0.25) is 0 Å². The van der Waals surface area contributed by atoms with E-state index >= 15 is 0 Å². The van der Waals surface area contributed by atoms with Crippen LogP contribution in [0.1, 0.15) is 37.8 Å². The molecule has 0 fully saturated rings. The van der Waals surface area contributed by atoms with Gasteiger partial charge in [-0.25, -0.2) is 0 Å². The third-order valence-electron chi connectivity index (χ3n) is 5.31. The average Bonchev–Trinajstić information content (AvgIpc) is 2.72. The van der Waals surface area contributed by atoms with Gasteiger partial charge in [-0.3, -0.25) is 4.79 Å². The summed E-state index contributed by atoms with van der Waals surface area (Å²) in [6.45, 7) is 5.46. The Kier molecular flexibility index (Phi) is 8.10. The van der Waals surface area contributed by atoms with Crippen molar-refractivity contribution in [3.8, 4) is 5.75 Å². The monoisotopic (exact) mass is 489 g/mol. The van der Waals surface area contributed by atoms with Gasteiger partial charge >= 0.3 is 0 Å². The highest BCUT2D eigenvalue weighted by molar-refractivity contribution is 6.34. The summed E-state index contributed by atoms with van der Waals surface area (Å²) in [5.74, 6) is 0.284. The van der Waals surface area contributed by atoms with E-state index < -0.39 is 5.60 Å². The third kappa shape index (κ3) is 6.65. The number of carbonyl (C=O) groups excluding carboxylic acids is 1. The van der Waals surface area contributed by atoms with E-state index in [-0.39, 0.29) is 17.9 Å². The lowest BCUT2D eigenvalue weighted by atomic mass is 9.86. The number of hydrogen-bond donors (Lipinski definition) is 1. The lowest BCUT2D eigenvalue weighted by Gasteiger charge is -2.31. The standard InChI is InChI=1S/C26H26Cl3NO2/c1-17(30-25(31)26(2,3)32-23-15-21(28)14-22(29)16-23)24(19-7-5-4-6-8-19)13-18-9-11-20(27)12-10-18/h4-12,14-17,24H,13H2,1-3H3,(H,30,31)/t17-,24+/m0/s1. The minimum Gasteiger partial charge on any atom is -0.478 e. The highest BCUT2D eigenvalue weighted by Gasteiger charge is 2.33. The zero-order valence-electron chi connectivity index (χ0n) is 18.2. The molecule has 32 heavy (non-hydrogen) atoms. The Balaban J connectivity index is 1.77. The molecule has 0 saturated heterocycles. The van der Waals surface area contributed by atoms with E-state index in [2.05, 4.69) is 17.4 Å². The highest BCUT2D eigenvalue weighted by atomic mass is 35.5. The van der Waals surface area contributed by atoms with Crippen LogP contribution in [0.25, 0.3) is 0 Å². The number of rotatable bonds is 8. The van der Waals surface area contributed by atoms with Crippen LogP contribution >= 0.6 is 34.8 Å². The first-order valence-corrected chi connectivity index (χ1v) is 11.5. The normalized spacial score (nSPS) is 13.3. The maximum atomic E-state index is 13.2. The molecule has 0 aliphatic rings. The van der Waals surface area contributed by atoms with Crippen LogP contribution < -0.4 is 10.1 Å². The molecule has 3 aromatic rings. The van der Waals surface area contributed by atoms with Gasteiger partial charge in [0.1, 0.15) is 5.75 Å². The molecule has 0 aliphatic carbocycles. The molecular formula is C26H26Cl3NO2. The molecular weight excluding hydrogens is 465 g/mol. The topological polar surface area (TPSA) is 38.3 Å². The van der Waals surface area contributed by atoms with Gasteiger partial charge in [0, 0.05) is 27.0 Å². The Morgan fingerprint density at radius 2 is 1.50 bits per heavy atom. The second-order valence-electron chi connectivity index (χ2n) is 8.33. The van der Waals surface area contributed by atoms with Crippen LogP contribution in [0.5, 0.6) is 5.75 Å². The number of nitrogens with one attached hydrogen (secondary N) is 1. The first-order chi connectivity index (χ1) is 15.1. The fourth-order valence-corrected chi connectivity index (χ4v) is 4.20. The van der Waals surface area contributed by atoms with Crippen molar-refractivity contribution in [1.82, 2.24) is 5.32 Å². The molecule has 0 saturated carbocycles. The van der Waals surface area contributed by atoms with Crippen LogP contribution in [0, 0.1) is 0 Å². The molecule has 3 rings (SSSR count). The van der Waals surface area contributed by atoms with Gasteiger partial charge in [0.15, 0.2) is 5.60 Å². The lowest BCUT2D eigenvalue weighted by Crippen LogP contribution is -2.51. The van der Waals surface area contributed by atoms with Crippen molar-refractivity contribution in [2.24, 2.45) is 0 Å². The van der Waals surface area contributed by atoms with Crippen molar-refractivity contribution >= 4 is 40.7 Å². The SMILES string of the molecule is C[C@H](NC(=O)C(C)(C)Oc1cc(Cl)cc(Cl)c1)[C@@H](Cc1ccc(Cl)cc1)c1ccccc1. The molecule has 3 nitrogen and oxygen atoms in total. The van der Waals surface area contributed by atoms with Crippen LogP contribution in [0.4, 0.5) is 0 Å². The summed E-state index contributed by atoms with van der Waals surface area (Å²) in [4.78, 5) is 13.2. The Hall–Kier alpha value is -2.20. The van der Waals surface area contributed by atoms with Gasteiger partial charge in [-0.05, 0) is 68.7 Å². The average molecular weight is 491 g/mol. The minimum absolute atomic E-state index is 0.0674. The number of benzene rings is 3. The summed E-state index contributed by atoms with van der Waals surface area (Å²) in [7, 11) is 0. The quantitative estimate of drug-likeness (QED) is 0.359. The van der Waals surface area contributed by atoms with Crippen LogP contribution in [-0.2, 0) is 11.2 Å². The van der Waals surface area contributed by atoms with Gasteiger partial charge in [0.05, 0.1) is 0 Å². The zero-order valence-corrected chi connectivity index (χ0v) is 20.5. The summed E-state index contributed by atoms with van der Waals surface area (Å²) in [5.41, 5.74) is 1.17. The number of amides is 1. The minimum atomic E-state index is -1.12. The Labute approximate surface area is 204 Å². The highest BCUT2D eigenvalue weighted by Crippen LogP contribution is 2.29. The Morgan fingerprint density at radius 3 is 2.09 bits per heavy atom. The molecule has 168 valence electrons. The Morgan fingerprint density at radius 1 is 0.906 bits per heavy atom. The van der Waals surface area contributed by atoms with E-state index in [1.807, 2.05) is 49.4 Å². The number of hydrogen-bond acceptors (Lipinski definition) is 2. The van der Waals surface area contributed by atoms with Crippen molar-refractivity contribution < 1.29 is 9.53 Å². The molecule has 2 atom stereocenters. The van der Waals surface area contributed by atoms with E-state index in [0.29, 0.717) is 20.8 Å². The zero-order chi connectivity index (χ0) is 23.3. The van der Waals surface area contributed by atoms with Crippen LogP contribution in [0.2, 0.25) is 15.1 Å². The van der Waals surface area contributed by atoms with Crippen LogP contribution in [-0.4, -0.2) is 17.6 Å². The van der Waals surface area contributed by atoms with Crippen molar-refractivity contribution in [2.45, 2.75) is 44.8 Å². The maximum absolute atomic E-state index is 13.2. The van der Waals surface area contributed by atoms with Crippen molar-refractivity contribution in [2.75, 3.05) is 0 Å². The molecule has 0 bridgehead atoms. The van der Waals surface area contributed by atoms with E-state index in [4.69, 9.17) is 39.5 Å². The maximum Gasteiger partial charge on any atom is 0.263 e. The number of carbonyl (C=O) groups is 1. The summed E-state index contributed by atoms with van der Waals surface area (Å²) in [5, 5.41) is 4.74. The van der Waals surface area contributed by atoms with Gasteiger partial charge < -0.3 is 10.1 Å². The summed E-state index contributed by atoms with van der Waals surface area (Å²) in [6, 6.07) is 22.7. The predicted octanol–water partition coefficient (Wildman–Crippen LogP) is 7.34. The fraction of sp³-hybridized carbons (Fsp3) is 0.269. The summed E-state index contributed by atoms with van der Waals surface area (Å²) in [6.07, 6.45) is 0.758.